The summed E-state index contributed by atoms with van der Waals surface area (Å²) in [6, 6.07) is 13.4. The monoisotopic (exact) mass is 366 g/mol. The zero-order valence-corrected chi connectivity index (χ0v) is 15.3. The number of rotatable bonds is 7. The standard InChI is InChI=1S/C19H22N6O2/c1-24(2)15-8-6-14(7-9-15)13-20-17(26)10-11-18(27)21-19-23-22-16-5-3-4-12-25(16)19/h3-9,12H,10-11,13H2,1-2H3,(H,20,26)(H,21,23,27). The molecule has 0 saturated heterocycles. The van der Waals surface area contributed by atoms with E-state index in [1.807, 2.05) is 55.4 Å². The van der Waals surface area contributed by atoms with E-state index in [-0.39, 0.29) is 24.7 Å². The Morgan fingerprint density at radius 2 is 1.74 bits per heavy atom. The minimum Gasteiger partial charge on any atom is -0.378 e. The quantitative estimate of drug-likeness (QED) is 0.666. The van der Waals surface area contributed by atoms with Gasteiger partial charge in [-0.25, -0.2) is 0 Å². The van der Waals surface area contributed by atoms with Gasteiger partial charge in [-0.3, -0.25) is 19.3 Å². The molecule has 0 atom stereocenters. The van der Waals surface area contributed by atoms with E-state index in [1.165, 1.54) is 0 Å². The molecule has 2 N–H and O–H groups in total. The van der Waals surface area contributed by atoms with E-state index in [1.54, 1.807) is 16.7 Å². The van der Waals surface area contributed by atoms with Crippen LogP contribution in [-0.2, 0) is 16.1 Å². The van der Waals surface area contributed by atoms with Crippen LogP contribution >= 0.6 is 0 Å². The van der Waals surface area contributed by atoms with E-state index in [9.17, 15) is 9.59 Å². The van der Waals surface area contributed by atoms with Crippen LogP contribution in [0.3, 0.4) is 0 Å². The Kier molecular flexibility index (Phi) is 5.65. The minimum absolute atomic E-state index is 0.0765. The van der Waals surface area contributed by atoms with E-state index in [4.69, 9.17) is 0 Å². The number of fused-ring (bicyclic) bond motifs is 1. The summed E-state index contributed by atoms with van der Waals surface area (Å²) in [5.74, 6) is -0.108. The summed E-state index contributed by atoms with van der Waals surface area (Å²) in [5, 5.41) is 13.4. The highest BCUT2D eigenvalue weighted by molar-refractivity contribution is 5.92. The Morgan fingerprint density at radius 1 is 1.00 bits per heavy atom. The molecule has 1 aromatic carbocycles. The maximum atomic E-state index is 12.1. The average molecular weight is 366 g/mol. The molecule has 0 unspecified atom stereocenters. The van der Waals surface area contributed by atoms with Crippen molar-refractivity contribution in [1.82, 2.24) is 19.9 Å². The van der Waals surface area contributed by atoms with Crippen LogP contribution < -0.4 is 15.5 Å². The third-order valence-corrected chi connectivity index (χ3v) is 4.09. The molecule has 0 bridgehead atoms. The van der Waals surface area contributed by atoms with Crippen molar-refractivity contribution in [1.29, 1.82) is 0 Å². The van der Waals surface area contributed by atoms with E-state index < -0.39 is 0 Å². The molecule has 27 heavy (non-hydrogen) atoms. The molecule has 3 rings (SSSR count). The van der Waals surface area contributed by atoms with Crippen molar-refractivity contribution in [2.45, 2.75) is 19.4 Å². The van der Waals surface area contributed by atoms with Crippen molar-refractivity contribution in [3.63, 3.8) is 0 Å². The van der Waals surface area contributed by atoms with Crippen LogP contribution in [0, 0.1) is 0 Å². The molecule has 0 aliphatic rings. The van der Waals surface area contributed by atoms with Gasteiger partial charge in [0.2, 0.25) is 17.8 Å². The van der Waals surface area contributed by atoms with Gasteiger partial charge in [-0.1, -0.05) is 18.2 Å². The Balaban J connectivity index is 1.44. The second-order valence-corrected chi connectivity index (χ2v) is 6.34. The summed E-state index contributed by atoms with van der Waals surface area (Å²) in [6.45, 7) is 0.434. The van der Waals surface area contributed by atoms with Crippen LogP contribution in [-0.4, -0.2) is 40.5 Å². The summed E-state index contributed by atoms with van der Waals surface area (Å²) in [6.07, 6.45) is 1.95. The van der Waals surface area contributed by atoms with E-state index in [0.717, 1.165) is 11.3 Å². The van der Waals surface area contributed by atoms with Crippen LogP contribution in [0.15, 0.2) is 48.7 Å². The van der Waals surface area contributed by atoms with Gasteiger partial charge in [0.1, 0.15) is 0 Å². The smallest absolute Gasteiger partial charge is 0.235 e. The molecule has 3 aromatic rings. The average Bonchev–Trinajstić information content (AvgIpc) is 3.08. The highest BCUT2D eigenvalue weighted by Gasteiger charge is 2.11. The number of anilines is 2. The molecule has 140 valence electrons. The van der Waals surface area contributed by atoms with Crippen LogP contribution in [0.25, 0.3) is 5.65 Å². The fourth-order valence-electron chi connectivity index (χ4n) is 2.54. The van der Waals surface area contributed by atoms with Gasteiger partial charge in [-0.2, -0.15) is 0 Å². The predicted octanol–water partition coefficient (Wildman–Crippen LogP) is 1.83. The molecule has 8 nitrogen and oxygen atoms in total. The van der Waals surface area contributed by atoms with Crippen LogP contribution in [0.1, 0.15) is 18.4 Å². The number of nitrogens with zero attached hydrogens (tertiary/aromatic N) is 4. The third-order valence-electron chi connectivity index (χ3n) is 4.09. The van der Waals surface area contributed by atoms with Crippen LogP contribution in [0.5, 0.6) is 0 Å². The molecular weight excluding hydrogens is 344 g/mol. The molecule has 0 aliphatic carbocycles. The SMILES string of the molecule is CN(C)c1ccc(CNC(=O)CCC(=O)Nc2nnc3ccccn23)cc1. The summed E-state index contributed by atoms with van der Waals surface area (Å²) >= 11 is 0. The Morgan fingerprint density at radius 3 is 2.48 bits per heavy atom. The number of nitrogens with one attached hydrogen (secondary N) is 2. The Labute approximate surface area is 157 Å². The van der Waals surface area contributed by atoms with Gasteiger partial charge < -0.3 is 10.2 Å². The van der Waals surface area contributed by atoms with Crippen LogP contribution in [0.4, 0.5) is 11.6 Å². The third kappa shape index (κ3) is 4.81. The second kappa shape index (κ2) is 8.31. The molecule has 0 spiro atoms. The minimum atomic E-state index is -0.279. The van der Waals surface area contributed by atoms with E-state index in [0.29, 0.717) is 18.1 Å². The van der Waals surface area contributed by atoms with Crippen molar-refractivity contribution in [3.8, 4) is 0 Å². The van der Waals surface area contributed by atoms with Gasteiger partial charge in [0, 0.05) is 45.4 Å². The number of carbonyl (C=O) groups is 2. The molecule has 0 radical (unpaired) electrons. The molecule has 0 saturated carbocycles. The highest BCUT2D eigenvalue weighted by Crippen LogP contribution is 2.12. The lowest BCUT2D eigenvalue weighted by atomic mass is 10.2. The zero-order valence-electron chi connectivity index (χ0n) is 15.3. The Bertz CT molecular complexity index is 933. The lowest BCUT2D eigenvalue weighted by molar-refractivity contribution is -0.124. The van der Waals surface area contributed by atoms with Gasteiger partial charge in [0.25, 0.3) is 0 Å². The molecule has 2 amide bonds. The molecule has 2 aromatic heterocycles. The molecule has 2 heterocycles. The van der Waals surface area contributed by atoms with Gasteiger partial charge in [-0.15, -0.1) is 10.2 Å². The van der Waals surface area contributed by atoms with Gasteiger partial charge in [0.05, 0.1) is 0 Å². The summed E-state index contributed by atoms with van der Waals surface area (Å²) in [7, 11) is 3.95. The zero-order chi connectivity index (χ0) is 19.2. The fraction of sp³-hybridized carbons (Fsp3) is 0.263. The number of pyridine rings is 1. The maximum absolute atomic E-state index is 12.1. The molecule has 0 fully saturated rings. The van der Waals surface area contributed by atoms with Crippen LogP contribution in [0.2, 0.25) is 0 Å². The predicted molar refractivity (Wildman–Crippen MR) is 103 cm³/mol. The van der Waals surface area contributed by atoms with Gasteiger partial charge >= 0.3 is 0 Å². The van der Waals surface area contributed by atoms with Crippen molar-refractivity contribution in [2.75, 3.05) is 24.3 Å². The highest BCUT2D eigenvalue weighted by atomic mass is 16.2. The maximum Gasteiger partial charge on any atom is 0.235 e. The first-order valence-corrected chi connectivity index (χ1v) is 8.65. The first kappa shape index (κ1) is 18.4. The van der Waals surface area contributed by atoms with Crippen molar-refractivity contribution in [2.24, 2.45) is 0 Å². The number of hydrogen-bond donors (Lipinski definition) is 2. The normalized spacial score (nSPS) is 10.6. The molecular formula is C19H22N6O2. The summed E-state index contributed by atoms with van der Waals surface area (Å²) < 4.78 is 1.68. The number of hydrogen-bond acceptors (Lipinski definition) is 5. The number of aromatic nitrogens is 3. The summed E-state index contributed by atoms with van der Waals surface area (Å²) in [4.78, 5) is 26.0. The topological polar surface area (TPSA) is 91.6 Å². The molecule has 8 heteroatoms. The van der Waals surface area contributed by atoms with E-state index in [2.05, 4.69) is 20.8 Å². The number of benzene rings is 1. The lowest BCUT2D eigenvalue weighted by Crippen LogP contribution is -2.24. The lowest BCUT2D eigenvalue weighted by Gasteiger charge is -2.13. The van der Waals surface area contributed by atoms with Gasteiger partial charge in [0.15, 0.2) is 5.65 Å². The van der Waals surface area contributed by atoms with E-state index >= 15 is 0 Å². The fourth-order valence-corrected chi connectivity index (χ4v) is 2.54. The first-order chi connectivity index (χ1) is 13.0. The largest absolute Gasteiger partial charge is 0.378 e. The second-order valence-electron chi connectivity index (χ2n) is 6.34. The van der Waals surface area contributed by atoms with Crippen molar-refractivity contribution in [3.05, 3.63) is 54.2 Å². The summed E-state index contributed by atoms with van der Waals surface area (Å²) in [5.41, 5.74) is 2.75. The van der Waals surface area contributed by atoms with Crippen molar-refractivity contribution < 1.29 is 9.59 Å². The number of amides is 2. The Hall–Kier alpha value is -3.42. The van der Waals surface area contributed by atoms with Gasteiger partial charge in [-0.05, 0) is 29.8 Å². The first-order valence-electron chi connectivity index (χ1n) is 8.65. The number of carbonyl (C=O) groups excluding carboxylic acids is 2. The van der Waals surface area contributed by atoms with Crippen molar-refractivity contribution >= 4 is 29.1 Å². The molecule has 0 aliphatic heterocycles.